The van der Waals surface area contributed by atoms with Crippen LogP contribution < -0.4 is 0 Å². The summed E-state index contributed by atoms with van der Waals surface area (Å²) in [6.45, 7) is 3.90. The summed E-state index contributed by atoms with van der Waals surface area (Å²) in [5.74, 6) is -0.596. The van der Waals surface area contributed by atoms with Crippen molar-refractivity contribution in [2.24, 2.45) is 0 Å². The first kappa shape index (κ1) is 15.3. The molecule has 5 nitrogen and oxygen atoms in total. The second kappa shape index (κ2) is 7.07. The summed E-state index contributed by atoms with van der Waals surface area (Å²) in [6, 6.07) is 0.819. The summed E-state index contributed by atoms with van der Waals surface area (Å²) in [5.41, 5.74) is 0. The van der Waals surface area contributed by atoms with E-state index in [1.54, 1.807) is 0 Å². The zero-order chi connectivity index (χ0) is 14.5. The Hall–Kier alpha value is -1.10. The van der Waals surface area contributed by atoms with E-state index < -0.39 is 5.97 Å². The van der Waals surface area contributed by atoms with Crippen LogP contribution in [0.15, 0.2) is 0 Å². The molecule has 2 rings (SSSR count). The number of likely N-dealkylation sites (tertiary alicyclic amines) is 1. The third-order valence-corrected chi connectivity index (χ3v) is 4.43. The van der Waals surface area contributed by atoms with Gasteiger partial charge in [0.05, 0.1) is 13.0 Å². The average molecular weight is 282 g/mol. The molecule has 1 aliphatic carbocycles. The predicted octanol–water partition coefficient (Wildman–Crippen LogP) is 1.72. The van der Waals surface area contributed by atoms with E-state index in [1.165, 1.54) is 6.42 Å². The van der Waals surface area contributed by atoms with Crippen molar-refractivity contribution in [1.29, 1.82) is 0 Å². The molecule has 1 N–H and O–H groups in total. The highest BCUT2D eigenvalue weighted by molar-refractivity contribution is 5.79. The lowest BCUT2D eigenvalue weighted by atomic mass is 10.00. The molecule has 1 aliphatic heterocycles. The molecular formula is C15H26N2O3. The zero-order valence-corrected chi connectivity index (χ0v) is 12.4. The van der Waals surface area contributed by atoms with Crippen LogP contribution in [0.25, 0.3) is 0 Å². The first-order valence-electron chi connectivity index (χ1n) is 7.87. The summed E-state index contributed by atoms with van der Waals surface area (Å²) < 4.78 is 0. The van der Waals surface area contributed by atoms with E-state index in [2.05, 4.69) is 11.8 Å². The highest BCUT2D eigenvalue weighted by Gasteiger charge is 2.33. The molecule has 1 unspecified atom stereocenters. The van der Waals surface area contributed by atoms with Gasteiger partial charge in [0.2, 0.25) is 5.91 Å². The molecule has 1 heterocycles. The molecular weight excluding hydrogens is 256 g/mol. The first-order chi connectivity index (χ1) is 9.61. The molecule has 0 aromatic rings. The molecule has 0 aromatic heterocycles. The van der Waals surface area contributed by atoms with E-state index in [4.69, 9.17) is 5.11 Å². The van der Waals surface area contributed by atoms with Crippen molar-refractivity contribution in [2.45, 2.75) is 64.0 Å². The number of rotatable bonds is 7. The minimum atomic E-state index is -0.785. The highest BCUT2D eigenvalue weighted by atomic mass is 16.4. The van der Waals surface area contributed by atoms with E-state index in [-0.39, 0.29) is 12.3 Å². The van der Waals surface area contributed by atoms with Crippen LogP contribution in [0.3, 0.4) is 0 Å². The van der Waals surface area contributed by atoms with Crippen LogP contribution >= 0.6 is 0 Å². The molecule has 20 heavy (non-hydrogen) atoms. The van der Waals surface area contributed by atoms with Crippen LogP contribution in [0.5, 0.6) is 0 Å². The number of carboxylic acids is 1. The fraction of sp³-hybridized carbons (Fsp3) is 0.867. The number of carbonyl (C=O) groups excluding carboxylic acids is 1. The minimum absolute atomic E-state index is 0.126. The van der Waals surface area contributed by atoms with Gasteiger partial charge in [-0.15, -0.1) is 0 Å². The summed E-state index contributed by atoms with van der Waals surface area (Å²) in [5, 5.41) is 8.81. The lowest BCUT2D eigenvalue weighted by Gasteiger charge is -2.36. The number of piperidine rings is 1. The van der Waals surface area contributed by atoms with Gasteiger partial charge in [-0.2, -0.15) is 0 Å². The number of hydrogen-bond acceptors (Lipinski definition) is 3. The van der Waals surface area contributed by atoms with Crippen molar-refractivity contribution in [3.8, 4) is 0 Å². The number of amides is 1. The molecule has 2 fully saturated rings. The van der Waals surface area contributed by atoms with Gasteiger partial charge in [0, 0.05) is 25.2 Å². The molecule has 0 aromatic carbocycles. The minimum Gasteiger partial charge on any atom is -0.481 e. The van der Waals surface area contributed by atoms with E-state index in [9.17, 15) is 9.59 Å². The third-order valence-electron chi connectivity index (χ3n) is 4.43. The quantitative estimate of drug-likeness (QED) is 0.772. The normalized spacial score (nSPS) is 23.1. The Morgan fingerprint density at radius 2 is 2.00 bits per heavy atom. The third kappa shape index (κ3) is 4.20. The summed E-state index contributed by atoms with van der Waals surface area (Å²) in [4.78, 5) is 27.3. The van der Waals surface area contributed by atoms with Crippen LogP contribution in [0, 0.1) is 0 Å². The smallest absolute Gasteiger partial charge is 0.304 e. The second-order valence-electron chi connectivity index (χ2n) is 5.99. The van der Waals surface area contributed by atoms with Gasteiger partial charge in [-0.05, 0) is 38.5 Å². The first-order valence-corrected chi connectivity index (χ1v) is 7.87. The van der Waals surface area contributed by atoms with Crippen molar-refractivity contribution in [3.63, 3.8) is 0 Å². The average Bonchev–Trinajstić information content (AvgIpc) is 3.27. The lowest BCUT2D eigenvalue weighted by Crippen LogP contribution is -2.48. The van der Waals surface area contributed by atoms with Gasteiger partial charge >= 0.3 is 5.97 Å². The van der Waals surface area contributed by atoms with Gasteiger partial charge in [0.1, 0.15) is 0 Å². The molecule has 1 atom stereocenters. The summed E-state index contributed by atoms with van der Waals surface area (Å²) >= 11 is 0. The summed E-state index contributed by atoms with van der Waals surface area (Å²) in [6.07, 6.45) is 6.77. The van der Waals surface area contributed by atoms with Gasteiger partial charge in [-0.3, -0.25) is 14.5 Å². The number of nitrogens with zero attached hydrogens (tertiary/aromatic N) is 2. The van der Waals surface area contributed by atoms with Crippen LogP contribution in [-0.2, 0) is 9.59 Å². The maximum absolute atomic E-state index is 12.5. The van der Waals surface area contributed by atoms with Gasteiger partial charge in [0.25, 0.3) is 0 Å². The number of aliphatic carboxylic acids is 1. The Morgan fingerprint density at radius 3 is 2.60 bits per heavy atom. The van der Waals surface area contributed by atoms with Gasteiger partial charge in [-0.1, -0.05) is 6.92 Å². The topological polar surface area (TPSA) is 60.9 Å². The second-order valence-corrected chi connectivity index (χ2v) is 5.99. The standard InChI is InChI=1S/C15H26N2O3/c1-2-12-5-3-4-9-17(12)14(18)11-16(13-6-7-13)10-8-15(19)20/h12-13H,2-11H2,1H3,(H,19,20). The molecule has 5 heteroatoms. The van der Waals surface area contributed by atoms with Gasteiger partial charge < -0.3 is 10.0 Å². The highest BCUT2D eigenvalue weighted by Crippen LogP contribution is 2.27. The van der Waals surface area contributed by atoms with E-state index in [0.29, 0.717) is 25.2 Å². The molecule has 0 spiro atoms. The van der Waals surface area contributed by atoms with Crippen molar-refractivity contribution in [2.75, 3.05) is 19.6 Å². The maximum Gasteiger partial charge on any atom is 0.304 e. The van der Waals surface area contributed by atoms with Crippen molar-refractivity contribution in [1.82, 2.24) is 9.80 Å². The van der Waals surface area contributed by atoms with Crippen molar-refractivity contribution in [3.05, 3.63) is 0 Å². The molecule has 1 amide bonds. The van der Waals surface area contributed by atoms with Crippen LogP contribution in [0.1, 0.15) is 51.9 Å². The number of carbonyl (C=O) groups is 2. The van der Waals surface area contributed by atoms with Gasteiger partial charge in [0.15, 0.2) is 0 Å². The van der Waals surface area contributed by atoms with Crippen LogP contribution in [0.4, 0.5) is 0 Å². The Balaban J connectivity index is 1.88. The van der Waals surface area contributed by atoms with Crippen LogP contribution in [-0.4, -0.2) is 58.5 Å². The molecule has 0 bridgehead atoms. The molecule has 0 radical (unpaired) electrons. The lowest BCUT2D eigenvalue weighted by molar-refractivity contribution is -0.140. The van der Waals surface area contributed by atoms with E-state index >= 15 is 0 Å². The Morgan fingerprint density at radius 1 is 1.25 bits per heavy atom. The Bertz CT molecular complexity index is 355. The van der Waals surface area contributed by atoms with Gasteiger partial charge in [-0.25, -0.2) is 0 Å². The summed E-state index contributed by atoms with van der Waals surface area (Å²) in [7, 11) is 0. The monoisotopic (exact) mass is 282 g/mol. The molecule has 2 aliphatic rings. The van der Waals surface area contributed by atoms with Crippen molar-refractivity contribution >= 4 is 11.9 Å². The molecule has 114 valence electrons. The SMILES string of the molecule is CCC1CCCCN1C(=O)CN(CCC(=O)O)C1CC1. The largest absolute Gasteiger partial charge is 0.481 e. The molecule has 1 saturated heterocycles. The molecule has 1 saturated carbocycles. The van der Waals surface area contributed by atoms with Crippen molar-refractivity contribution < 1.29 is 14.7 Å². The Labute approximate surface area is 120 Å². The fourth-order valence-corrected chi connectivity index (χ4v) is 3.09. The fourth-order valence-electron chi connectivity index (χ4n) is 3.09. The van der Waals surface area contributed by atoms with E-state index in [0.717, 1.165) is 38.6 Å². The number of hydrogen-bond donors (Lipinski definition) is 1. The zero-order valence-electron chi connectivity index (χ0n) is 12.4. The maximum atomic E-state index is 12.5. The predicted molar refractivity (Wildman–Crippen MR) is 76.5 cm³/mol. The van der Waals surface area contributed by atoms with Crippen LogP contribution in [0.2, 0.25) is 0 Å². The number of carboxylic acid groups (broad SMARTS) is 1. The Kier molecular flexibility index (Phi) is 5.40. The van der Waals surface area contributed by atoms with E-state index in [1.807, 2.05) is 4.90 Å².